The molecule has 1 aliphatic rings. The summed E-state index contributed by atoms with van der Waals surface area (Å²) in [5, 5.41) is 9.09. The SMILES string of the molecule is CC1OCCC1N(C)S(=O)(=O)c1cc(CO)sc1Br. The third-order valence-electron chi connectivity index (χ3n) is 3.32. The van der Waals surface area contributed by atoms with Gasteiger partial charge >= 0.3 is 0 Å². The van der Waals surface area contributed by atoms with Crippen molar-refractivity contribution in [3.8, 4) is 0 Å². The number of aliphatic hydroxyl groups excluding tert-OH is 1. The predicted molar refractivity (Wildman–Crippen MR) is 76.7 cm³/mol. The lowest BCUT2D eigenvalue weighted by Gasteiger charge is -2.25. The van der Waals surface area contributed by atoms with Crippen LogP contribution in [0.5, 0.6) is 0 Å². The molecule has 5 nitrogen and oxygen atoms in total. The molecule has 1 fully saturated rings. The Hall–Kier alpha value is 0.01000. The molecule has 1 aliphatic heterocycles. The van der Waals surface area contributed by atoms with E-state index in [9.17, 15) is 8.42 Å². The topological polar surface area (TPSA) is 66.8 Å². The molecule has 0 aliphatic carbocycles. The fraction of sp³-hybridized carbons (Fsp3) is 0.636. The largest absolute Gasteiger partial charge is 0.391 e. The van der Waals surface area contributed by atoms with E-state index in [-0.39, 0.29) is 23.6 Å². The molecule has 1 saturated heterocycles. The Balaban J connectivity index is 2.33. The summed E-state index contributed by atoms with van der Waals surface area (Å²) in [4.78, 5) is 0.831. The van der Waals surface area contributed by atoms with Gasteiger partial charge in [-0.3, -0.25) is 0 Å². The summed E-state index contributed by atoms with van der Waals surface area (Å²) < 4.78 is 32.5. The van der Waals surface area contributed by atoms with Gasteiger partial charge in [0.2, 0.25) is 10.0 Å². The van der Waals surface area contributed by atoms with Crippen LogP contribution in [0.4, 0.5) is 0 Å². The average Bonchev–Trinajstić information content (AvgIpc) is 2.94. The second-order valence-corrected chi connectivity index (χ2v) is 8.88. The van der Waals surface area contributed by atoms with E-state index in [2.05, 4.69) is 15.9 Å². The average molecular weight is 370 g/mol. The van der Waals surface area contributed by atoms with Crippen molar-refractivity contribution in [3.05, 3.63) is 14.7 Å². The van der Waals surface area contributed by atoms with E-state index in [0.29, 0.717) is 21.7 Å². The van der Waals surface area contributed by atoms with Crippen LogP contribution in [-0.4, -0.2) is 43.6 Å². The molecule has 0 bridgehead atoms. The van der Waals surface area contributed by atoms with Gasteiger partial charge < -0.3 is 9.84 Å². The molecule has 0 amide bonds. The van der Waals surface area contributed by atoms with Gasteiger partial charge in [-0.05, 0) is 35.3 Å². The van der Waals surface area contributed by atoms with Crippen molar-refractivity contribution >= 4 is 37.3 Å². The number of likely N-dealkylation sites (N-methyl/N-ethyl adjacent to an activating group) is 1. The van der Waals surface area contributed by atoms with E-state index in [0.717, 1.165) is 0 Å². The van der Waals surface area contributed by atoms with Crippen molar-refractivity contribution in [2.45, 2.75) is 37.0 Å². The zero-order chi connectivity index (χ0) is 14.2. The highest BCUT2D eigenvalue weighted by molar-refractivity contribution is 9.11. The molecule has 108 valence electrons. The molecule has 2 heterocycles. The molecule has 2 rings (SSSR count). The van der Waals surface area contributed by atoms with Gasteiger partial charge in [0.25, 0.3) is 0 Å². The minimum absolute atomic E-state index is 0.102. The standard InChI is InChI=1S/C11H16BrNO4S2/c1-7-9(3-4-17-7)13(2)19(15,16)10-5-8(6-14)18-11(10)12/h5,7,9,14H,3-4,6H2,1-2H3. The summed E-state index contributed by atoms with van der Waals surface area (Å²) in [6.45, 7) is 2.30. The van der Waals surface area contributed by atoms with Crippen molar-refractivity contribution < 1.29 is 18.3 Å². The molecule has 0 aromatic carbocycles. The van der Waals surface area contributed by atoms with Gasteiger partial charge in [-0.15, -0.1) is 11.3 Å². The fourth-order valence-electron chi connectivity index (χ4n) is 2.18. The molecule has 1 aromatic rings. The van der Waals surface area contributed by atoms with Gasteiger partial charge in [0.1, 0.15) is 4.90 Å². The lowest BCUT2D eigenvalue weighted by atomic mass is 10.2. The molecule has 0 spiro atoms. The quantitative estimate of drug-likeness (QED) is 0.878. The highest BCUT2D eigenvalue weighted by atomic mass is 79.9. The molecule has 2 atom stereocenters. The van der Waals surface area contributed by atoms with Gasteiger partial charge in [-0.2, -0.15) is 4.31 Å². The van der Waals surface area contributed by atoms with Crippen LogP contribution in [0.15, 0.2) is 14.7 Å². The maximum Gasteiger partial charge on any atom is 0.245 e. The number of ether oxygens (including phenoxy) is 1. The Kier molecular flexibility index (Phi) is 4.69. The summed E-state index contributed by atoms with van der Waals surface area (Å²) in [6.07, 6.45) is 0.598. The van der Waals surface area contributed by atoms with Crippen LogP contribution in [0.25, 0.3) is 0 Å². The van der Waals surface area contributed by atoms with E-state index in [1.54, 1.807) is 7.05 Å². The van der Waals surface area contributed by atoms with Crippen LogP contribution < -0.4 is 0 Å². The van der Waals surface area contributed by atoms with E-state index in [1.165, 1.54) is 21.7 Å². The second kappa shape index (κ2) is 5.79. The predicted octanol–water partition coefficient (Wildman–Crippen LogP) is 1.80. The third kappa shape index (κ3) is 2.88. The monoisotopic (exact) mass is 369 g/mol. The van der Waals surface area contributed by atoms with Gasteiger partial charge in [0.05, 0.1) is 22.5 Å². The van der Waals surface area contributed by atoms with E-state index in [4.69, 9.17) is 9.84 Å². The number of hydrogen-bond donors (Lipinski definition) is 1. The van der Waals surface area contributed by atoms with Crippen molar-refractivity contribution in [1.82, 2.24) is 4.31 Å². The van der Waals surface area contributed by atoms with Crippen LogP contribution in [0.1, 0.15) is 18.2 Å². The van der Waals surface area contributed by atoms with E-state index >= 15 is 0 Å². The molecule has 1 N–H and O–H groups in total. The zero-order valence-electron chi connectivity index (χ0n) is 10.7. The van der Waals surface area contributed by atoms with Crippen LogP contribution in [0.3, 0.4) is 0 Å². The first kappa shape index (κ1) is 15.4. The molecular weight excluding hydrogens is 354 g/mol. The fourth-order valence-corrected chi connectivity index (χ4v) is 6.12. The smallest absolute Gasteiger partial charge is 0.245 e. The number of rotatable bonds is 4. The normalized spacial score (nSPS) is 24.3. The van der Waals surface area contributed by atoms with Gasteiger partial charge in [-0.1, -0.05) is 0 Å². The van der Waals surface area contributed by atoms with Gasteiger partial charge in [0.15, 0.2) is 0 Å². The minimum Gasteiger partial charge on any atom is -0.391 e. The number of aliphatic hydroxyl groups is 1. The Bertz CT molecular complexity index is 557. The van der Waals surface area contributed by atoms with E-state index < -0.39 is 10.0 Å². The van der Waals surface area contributed by atoms with Gasteiger partial charge in [-0.25, -0.2) is 8.42 Å². The van der Waals surface area contributed by atoms with Crippen LogP contribution in [0, 0.1) is 0 Å². The molecule has 19 heavy (non-hydrogen) atoms. The third-order valence-corrected chi connectivity index (χ3v) is 7.44. The number of hydrogen-bond acceptors (Lipinski definition) is 5. The number of halogens is 1. The molecule has 0 radical (unpaired) electrons. The molecule has 8 heteroatoms. The molecule has 0 saturated carbocycles. The van der Waals surface area contributed by atoms with Crippen molar-refractivity contribution in [3.63, 3.8) is 0 Å². The highest BCUT2D eigenvalue weighted by Crippen LogP contribution is 2.35. The Morgan fingerprint density at radius 3 is 2.79 bits per heavy atom. The molecule has 2 unspecified atom stereocenters. The zero-order valence-corrected chi connectivity index (χ0v) is 13.9. The van der Waals surface area contributed by atoms with Crippen LogP contribution >= 0.6 is 27.3 Å². The Morgan fingerprint density at radius 1 is 1.63 bits per heavy atom. The Morgan fingerprint density at radius 2 is 2.32 bits per heavy atom. The van der Waals surface area contributed by atoms with Crippen molar-refractivity contribution in [2.75, 3.05) is 13.7 Å². The van der Waals surface area contributed by atoms with Crippen LogP contribution in [-0.2, 0) is 21.4 Å². The summed E-state index contributed by atoms with van der Waals surface area (Å²) in [7, 11) is -1.99. The van der Waals surface area contributed by atoms with E-state index in [1.807, 2.05) is 6.92 Å². The number of nitrogens with zero attached hydrogens (tertiary/aromatic N) is 1. The molecule has 1 aromatic heterocycles. The summed E-state index contributed by atoms with van der Waals surface area (Å²) in [5.74, 6) is 0. The highest BCUT2D eigenvalue weighted by Gasteiger charge is 2.36. The first-order valence-electron chi connectivity index (χ1n) is 5.86. The number of sulfonamides is 1. The summed E-state index contributed by atoms with van der Waals surface area (Å²) in [6, 6.07) is 1.37. The van der Waals surface area contributed by atoms with Crippen LogP contribution in [0.2, 0.25) is 0 Å². The van der Waals surface area contributed by atoms with Crippen molar-refractivity contribution in [1.29, 1.82) is 0 Å². The number of thiophene rings is 1. The lowest BCUT2D eigenvalue weighted by molar-refractivity contribution is 0.102. The maximum atomic E-state index is 12.6. The summed E-state index contributed by atoms with van der Waals surface area (Å²) in [5.41, 5.74) is 0. The first-order chi connectivity index (χ1) is 8.87. The maximum absolute atomic E-state index is 12.6. The Labute approximate surface area is 125 Å². The summed E-state index contributed by atoms with van der Waals surface area (Å²) >= 11 is 4.49. The second-order valence-electron chi connectivity index (χ2n) is 4.46. The first-order valence-corrected chi connectivity index (χ1v) is 8.91. The molecular formula is C11H16BrNO4S2. The van der Waals surface area contributed by atoms with Crippen molar-refractivity contribution in [2.24, 2.45) is 0 Å². The van der Waals surface area contributed by atoms with Gasteiger partial charge in [0, 0.05) is 18.5 Å². The lowest BCUT2D eigenvalue weighted by Crippen LogP contribution is -2.40. The minimum atomic E-state index is -3.57.